The first-order valence-corrected chi connectivity index (χ1v) is 6.03. The maximum Gasteiger partial charge on any atom is 0.303 e. The molecule has 4 heteroatoms. The quantitative estimate of drug-likeness (QED) is 0.703. The van der Waals surface area contributed by atoms with Crippen molar-refractivity contribution in [3.05, 3.63) is 21.9 Å². The van der Waals surface area contributed by atoms with E-state index in [0.717, 1.165) is 25.7 Å². The van der Waals surface area contributed by atoms with Crippen molar-refractivity contribution in [2.75, 3.05) is 0 Å². The molecule has 0 aliphatic carbocycles. The Morgan fingerprint density at radius 1 is 1.27 bits per heavy atom. The number of hydrogen-bond donors (Lipinski definition) is 2. The van der Waals surface area contributed by atoms with Gasteiger partial charge in [0, 0.05) is 22.7 Å². The van der Waals surface area contributed by atoms with Crippen molar-refractivity contribution >= 4 is 17.3 Å². The smallest absolute Gasteiger partial charge is 0.303 e. The summed E-state index contributed by atoms with van der Waals surface area (Å²) in [6.45, 7) is 0.615. The Kier molecular flexibility index (Phi) is 5.36. The molecule has 1 heterocycles. The fourth-order valence-electron chi connectivity index (χ4n) is 1.42. The van der Waals surface area contributed by atoms with Crippen LogP contribution in [0.3, 0.4) is 0 Å². The van der Waals surface area contributed by atoms with Crippen LogP contribution in [-0.4, -0.2) is 11.1 Å². The number of carboxylic acids is 1. The van der Waals surface area contributed by atoms with E-state index in [4.69, 9.17) is 10.8 Å². The van der Waals surface area contributed by atoms with Gasteiger partial charge in [0.05, 0.1) is 0 Å². The number of nitrogens with two attached hydrogens (primary N) is 1. The largest absolute Gasteiger partial charge is 0.481 e. The molecule has 0 atom stereocenters. The van der Waals surface area contributed by atoms with E-state index in [9.17, 15) is 4.79 Å². The molecular formula is C11H17NO2S. The summed E-state index contributed by atoms with van der Waals surface area (Å²) in [5.41, 5.74) is 5.52. The van der Waals surface area contributed by atoms with E-state index < -0.39 is 5.97 Å². The van der Waals surface area contributed by atoms with Gasteiger partial charge in [-0.15, -0.1) is 11.3 Å². The van der Waals surface area contributed by atoms with E-state index in [0.29, 0.717) is 13.0 Å². The minimum atomic E-state index is -0.698. The van der Waals surface area contributed by atoms with Gasteiger partial charge in [-0.1, -0.05) is 6.42 Å². The fraction of sp³-hybridized carbons (Fsp3) is 0.545. The second-order valence-corrected chi connectivity index (χ2v) is 4.78. The predicted octanol–water partition coefficient (Wildman–Crippen LogP) is 2.39. The highest BCUT2D eigenvalue weighted by Gasteiger charge is 2.00. The molecule has 0 spiro atoms. The molecular weight excluding hydrogens is 210 g/mol. The molecule has 15 heavy (non-hydrogen) atoms. The first-order valence-electron chi connectivity index (χ1n) is 5.22. The van der Waals surface area contributed by atoms with Crippen LogP contribution in [0.15, 0.2) is 12.1 Å². The predicted molar refractivity (Wildman–Crippen MR) is 62.0 cm³/mol. The zero-order valence-electron chi connectivity index (χ0n) is 8.74. The van der Waals surface area contributed by atoms with Crippen LogP contribution >= 0.6 is 11.3 Å². The van der Waals surface area contributed by atoms with Crippen molar-refractivity contribution in [3.8, 4) is 0 Å². The number of aryl methyl sites for hydroxylation is 1. The summed E-state index contributed by atoms with van der Waals surface area (Å²) in [4.78, 5) is 12.8. The van der Waals surface area contributed by atoms with Gasteiger partial charge in [-0.05, 0) is 31.4 Å². The van der Waals surface area contributed by atoms with Crippen molar-refractivity contribution < 1.29 is 9.90 Å². The van der Waals surface area contributed by atoms with Gasteiger partial charge in [0.25, 0.3) is 0 Å². The summed E-state index contributed by atoms with van der Waals surface area (Å²) >= 11 is 1.76. The van der Waals surface area contributed by atoms with Crippen LogP contribution in [0.2, 0.25) is 0 Å². The third-order valence-corrected chi connectivity index (χ3v) is 3.40. The molecule has 0 radical (unpaired) electrons. The van der Waals surface area contributed by atoms with Crippen molar-refractivity contribution in [3.63, 3.8) is 0 Å². The van der Waals surface area contributed by atoms with Crippen LogP contribution in [0.1, 0.15) is 35.4 Å². The van der Waals surface area contributed by atoms with E-state index >= 15 is 0 Å². The summed E-state index contributed by atoms with van der Waals surface area (Å²) in [5, 5.41) is 8.45. The van der Waals surface area contributed by atoms with Gasteiger partial charge in [0.15, 0.2) is 0 Å². The number of thiophene rings is 1. The average molecular weight is 227 g/mol. The van der Waals surface area contributed by atoms with Crippen molar-refractivity contribution in [1.82, 2.24) is 0 Å². The molecule has 0 saturated carbocycles. The molecule has 0 saturated heterocycles. The lowest BCUT2D eigenvalue weighted by atomic mass is 10.1. The molecule has 3 nitrogen and oxygen atoms in total. The number of unbranched alkanes of at least 4 members (excludes halogenated alkanes) is 2. The summed E-state index contributed by atoms with van der Waals surface area (Å²) in [7, 11) is 0. The van der Waals surface area contributed by atoms with Crippen molar-refractivity contribution in [1.29, 1.82) is 0 Å². The number of hydrogen-bond acceptors (Lipinski definition) is 3. The Morgan fingerprint density at radius 3 is 2.60 bits per heavy atom. The normalized spacial score (nSPS) is 10.5. The first-order chi connectivity index (χ1) is 7.22. The summed E-state index contributed by atoms with van der Waals surface area (Å²) in [5.74, 6) is -0.698. The average Bonchev–Trinajstić information content (AvgIpc) is 2.65. The molecule has 0 aliphatic heterocycles. The van der Waals surface area contributed by atoms with Crippen molar-refractivity contribution in [2.45, 2.75) is 38.6 Å². The molecule has 0 unspecified atom stereocenters. The lowest BCUT2D eigenvalue weighted by Gasteiger charge is -1.97. The molecule has 0 fully saturated rings. The van der Waals surface area contributed by atoms with E-state index in [1.165, 1.54) is 9.75 Å². The minimum absolute atomic E-state index is 0.290. The minimum Gasteiger partial charge on any atom is -0.481 e. The Morgan fingerprint density at radius 2 is 2.00 bits per heavy atom. The topological polar surface area (TPSA) is 63.3 Å². The Balaban J connectivity index is 2.12. The maximum atomic E-state index is 10.3. The first kappa shape index (κ1) is 12.2. The molecule has 1 rings (SSSR count). The monoisotopic (exact) mass is 227 g/mol. The van der Waals surface area contributed by atoms with Gasteiger partial charge >= 0.3 is 5.97 Å². The van der Waals surface area contributed by atoms with E-state index in [1.807, 2.05) is 0 Å². The summed E-state index contributed by atoms with van der Waals surface area (Å²) in [6, 6.07) is 4.18. The Hall–Kier alpha value is -0.870. The summed E-state index contributed by atoms with van der Waals surface area (Å²) in [6.07, 6.45) is 4.17. The van der Waals surface area contributed by atoms with Gasteiger partial charge in [-0.25, -0.2) is 0 Å². The van der Waals surface area contributed by atoms with E-state index in [2.05, 4.69) is 12.1 Å². The fourth-order valence-corrected chi connectivity index (χ4v) is 2.36. The van der Waals surface area contributed by atoms with Crippen LogP contribution in [0.25, 0.3) is 0 Å². The Bertz CT molecular complexity index is 309. The highest BCUT2D eigenvalue weighted by molar-refractivity contribution is 7.11. The lowest BCUT2D eigenvalue weighted by molar-refractivity contribution is -0.137. The van der Waals surface area contributed by atoms with Crippen LogP contribution in [0.4, 0.5) is 0 Å². The van der Waals surface area contributed by atoms with Crippen LogP contribution in [-0.2, 0) is 17.8 Å². The van der Waals surface area contributed by atoms with Crippen LogP contribution in [0.5, 0.6) is 0 Å². The molecule has 1 aromatic heterocycles. The van der Waals surface area contributed by atoms with E-state index in [1.54, 1.807) is 11.3 Å². The molecule has 1 aromatic rings. The highest BCUT2D eigenvalue weighted by atomic mass is 32.1. The number of carbonyl (C=O) groups is 1. The SMILES string of the molecule is NCc1ccc(CCCCCC(=O)O)s1. The van der Waals surface area contributed by atoms with Gasteiger partial charge < -0.3 is 10.8 Å². The van der Waals surface area contributed by atoms with Crippen LogP contribution in [0, 0.1) is 0 Å². The van der Waals surface area contributed by atoms with Crippen molar-refractivity contribution in [2.24, 2.45) is 5.73 Å². The van der Waals surface area contributed by atoms with Gasteiger partial charge in [0.2, 0.25) is 0 Å². The molecule has 0 bridgehead atoms. The van der Waals surface area contributed by atoms with Gasteiger partial charge in [-0.3, -0.25) is 4.79 Å². The van der Waals surface area contributed by atoms with Gasteiger partial charge in [0.1, 0.15) is 0 Å². The molecule has 3 N–H and O–H groups in total. The standard InChI is InChI=1S/C11H17NO2S/c12-8-10-7-6-9(15-10)4-2-1-3-5-11(13)14/h6-7H,1-5,8,12H2,(H,13,14). The zero-order chi connectivity index (χ0) is 11.1. The van der Waals surface area contributed by atoms with Gasteiger partial charge in [-0.2, -0.15) is 0 Å². The third kappa shape index (κ3) is 4.95. The second-order valence-electron chi connectivity index (χ2n) is 3.53. The maximum absolute atomic E-state index is 10.3. The number of carboxylic acid groups (broad SMARTS) is 1. The highest BCUT2D eigenvalue weighted by Crippen LogP contribution is 2.18. The number of aliphatic carboxylic acids is 1. The second kappa shape index (κ2) is 6.58. The third-order valence-electron chi connectivity index (χ3n) is 2.23. The molecule has 84 valence electrons. The van der Waals surface area contributed by atoms with E-state index in [-0.39, 0.29) is 0 Å². The Labute approximate surface area is 93.9 Å². The molecule has 0 aliphatic rings. The molecule has 0 aromatic carbocycles. The lowest BCUT2D eigenvalue weighted by Crippen LogP contribution is -1.93. The summed E-state index contributed by atoms with van der Waals surface area (Å²) < 4.78 is 0. The van der Waals surface area contributed by atoms with Crippen LogP contribution < -0.4 is 5.73 Å². The molecule has 0 amide bonds. The number of rotatable bonds is 7. The zero-order valence-corrected chi connectivity index (χ0v) is 9.55.